The SMILES string of the molecule is C=CCC(O)CCCC#CC. The van der Waals surface area contributed by atoms with Crippen molar-refractivity contribution in [2.24, 2.45) is 0 Å². The van der Waals surface area contributed by atoms with Gasteiger partial charge in [-0.2, -0.15) is 0 Å². The maximum absolute atomic E-state index is 9.23. The largest absolute Gasteiger partial charge is 0.393 e. The fraction of sp³-hybridized carbons (Fsp3) is 0.600. The Morgan fingerprint density at radius 1 is 1.64 bits per heavy atom. The van der Waals surface area contributed by atoms with Crippen LogP contribution in [-0.4, -0.2) is 11.2 Å². The molecule has 0 aliphatic heterocycles. The highest BCUT2D eigenvalue weighted by Crippen LogP contribution is 2.03. The minimum Gasteiger partial charge on any atom is -0.393 e. The van der Waals surface area contributed by atoms with Crippen LogP contribution in [0.15, 0.2) is 12.7 Å². The topological polar surface area (TPSA) is 20.2 Å². The molecule has 0 saturated carbocycles. The Kier molecular flexibility index (Phi) is 6.87. The van der Waals surface area contributed by atoms with E-state index in [2.05, 4.69) is 18.4 Å². The van der Waals surface area contributed by atoms with Crippen LogP contribution in [0, 0.1) is 11.8 Å². The fourth-order valence-corrected chi connectivity index (χ4v) is 0.861. The molecule has 0 aromatic rings. The first-order valence-corrected chi connectivity index (χ1v) is 3.99. The third-order valence-electron chi connectivity index (χ3n) is 1.45. The minimum atomic E-state index is -0.217. The van der Waals surface area contributed by atoms with Crippen molar-refractivity contribution in [1.29, 1.82) is 0 Å². The van der Waals surface area contributed by atoms with Crippen LogP contribution in [0.4, 0.5) is 0 Å². The van der Waals surface area contributed by atoms with Gasteiger partial charge in [-0.3, -0.25) is 0 Å². The fourth-order valence-electron chi connectivity index (χ4n) is 0.861. The van der Waals surface area contributed by atoms with E-state index in [0.717, 1.165) is 19.3 Å². The molecule has 0 aromatic carbocycles. The first-order valence-electron chi connectivity index (χ1n) is 3.99. The predicted octanol–water partition coefficient (Wildman–Crippen LogP) is 2.12. The van der Waals surface area contributed by atoms with Crippen molar-refractivity contribution in [3.63, 3.8) is 0 Å². The van der Waals surface area contributed by atoms with E-state index in [1.165, 1.54) is 0 Å². The third kappa shape index (κ3) is 7.15. The molecule has 0 spiro atoms. The number of hydrogen-bond donors (Lipinski definition) is 1. The lowest BCUT2D eigenvalue weighted by Gasteiger charge is -2.04. The summed E-state index contributed by atoms with van der Waals surface area (Å²) in [5.74, 6) is 5.78. The van der Waals surface area contributed by atoms with Crippen LogP contribution in [0.5, 0.6) is 0 Å². The van der Waals surface area contributed by atoms with Crippen LogP contribution in [0.1, 0.15) is 32.6 Å². The summed E-state index contributed by atoms with van der Waals surface area (Å²) in [5, 5.41) is 9.23. The molecule has 1 heteroatoms. The second-order valence-electron chi connectivity index (χ2n) is 2.50. The number of rotatable bonds is 5. The molecule has 0 rings (SSSR count). The highest BCUT2D eigenvalue weighted by atomic mass is 16.3. The third-order valence-corrected chi connectivity index (χ3v) is 1.45. The molecule has 0 bridgehead atoms. The van der Waals surface area contributed by atoms with E-state index < -0.39 is 0 Å². The van der Waals surface area contributed by atoms with Crippen LogP contribution in [0.2, 0.25) is 0 Å². The second kappa shape index (κ2) is 7.37. The molecule has 1 nitrogen and oxygen atoms in total. The zero-order valence-electron chi connectivity index (χ0n) is 7.14. The van der Waals surface area contributed by atoms with Crippen molar-refractivity contribution in [3.05, 3.63) is 12.7 Å². The summed E-state index contributed by atoms with van der Waals surface area (Å²) >= 11 is 0. The molecule has 0 heterocycles. The molecule has 0 amide bonds. The monoisotopic (exact) mass is 152 g/mol. The van der Waals surface area contributed by atoms with Gasteiger partial charge in [-0.05, 0) is 26.2 Å². The lowest BCUT2D eigenvalue weighted by atomic mass is 10.1. The van der Waals surface area contributed by atoms with Gasteiger partial charge >= 0.3 is 0 Å². The quantitative estimate of drug-likeness (QED) is 0.363. The summed E-state index contributed by atoms with van der Waals surface area (Å²) in [6.07, 6.45) is 4.93. The number of hydrogen-bond acceptors (Lipinski definition) is 1. The standard InChI is InChI=1S/C10H16O/c1-3-5-6-7-9-10(11)8-4-2/h4,10-11H,2,6-9H2,1H3. The Balaban J connectivity index is 3.20. The van der Waals surface area contributed by atoms with Gasteiger partial charge in [-0.15, -0.1) is 18.4 Å². The summed E-state index contributed by atoms with van der Waals surface area (Å²) in [4.78, 5) is 0. The van der Waals surface area contributed by atoms with E-state index in [1.54, 1.807) is 6.08 Å². The van der Waals surface area contributed by atoms with Crippen molar-refractivity contribution >= 4 is 0 Å². The van der Waals surface area contributed by atoms with Gasteiger partial charge in [0.25, 0.3) is 0 Å². The van der Waals surface area contributed by atoms with Crippen molar-refractivity contribution in [1.82, 2.24) is 0 Å². The zero-order valence-corrected chi connectivity index (χ0v) is 7.14. The smallest absolute Gasteiger partial charge is 0.0574 e. The lowest BCUT2D eigenvalue weighted by molar-refractivity contribution is 0.165. The Labute approximate surface area is 69.1 Å². The average Bonchev–Trinajstić information content (AvgIpc) is 1.99. The van der Waals surface area contributed by atoms with Gasteiger partial charge in [0.05, 0.1) is 6.10 Å². The van der Waals surface area contributed by atoms with Gasteiger partial charge in [-0.25, -0.2) is 0 Å². The predicted molar refractivity (Wildman–Crippen MR) is 48.1 cm³/mol. The maximum Gasteiger partial charge on any atom is 0.0574 e. The Morgan fingerprint density at radius 2 is 2.36 bits per heavy atom. The highest BCUT2D eigenvalue weighted by Gasteiger charge is 1.98. The van der Waals surface area contributed by atoms with E-state index >= 15 is 0 Å². The van der Waals surface area contributed by atoms with E-state index in [-0.39, 0.29) is 6.10 Å². The summed E-state index contributed by atoms with van der Waals surface area (Å²) in [7, 11) is 0. The Bertz CT molecular complexity index is 150. The first-order chi connectivity index (χ1) is 5.31. The molecule has 0 fully saturated rings. The molecule has 1 N–H and O–H groups in total. The highest BCUT2D eigenvalue weighted by molar-refractivity contribution is 4.94. The first kappa shape index (κ1) is 10.3. The van der Waals surface area contributed by atoms with E-state index in [9.17, 15) is 5.11 Å². The van der Waals surface area contributed by atoms with Crippen molar-refractivity contribution in [2.75, 3.05) is 0 Å². The molecule has 0 saturated heterocycles. The Hall–Kier alpha value is -0.740. The molecule has 11 heavy (non-hydrogen) atoms. The van der Waals surface area contributed by atoms with Crippen LogP contribution in [-0.2, 0) is 0 Å². The van der Waals surface area contributed by atoms with Gasteiger partial charge in [0.2, 0.25) is 0 Å². The number of unbranched alkanes of at least 4 members (excludes halogenated alkanes) is 1. The van der Waals surface area contributed by atoms with Gasteiger partial charge in [-0.1, -0.05) is 6.08 Å². The minimum absolute atomic E-state index is 0.217. The number of aliphatic hydroxyl groups excluding tert-OH is 1. The van der Waals surface area contributed by atoms with Crippen LogP contribution in [0.3, 0.4) is 0 Å². The second-order valence-corrected chi connectivity index (χ2v) is 2.50. The zero-order chi connectivity index (χ0) is 8.53. The molecular weight excluding hydrogens is 136 g/mol. The average molecular weight is 152 g/mol. The van der Waals surface area contributed by atoms with E-state index in [4.69, 9.17) is 0 Å². The summed E-state index contributed by atoms with van der Waals surface area (Å²) in [6, 6.07) is 0. The summed E-state index contributed by atoms with van der Waals surface area (Å²) in [6.45, 7) is 5.39. The summed E-state index contributed by atoms with van der Waals surface area (Å²) in [5.41, 5.74) is 0. The number of aliphatic hydroxyl groups is 1. The van der Waals surface area contributed by atoms with Crippen molar-refractivity contribution in [3.8, 4) is 11.8 Å². The normalized spacial score (nSPS) is 11.5. The van der Waals surface area contributed by atoms with Crippen LogP contribution in [0.25, 0.3) is 0 Å². The van der Waals surface area contributed by atoms with Crippen molar-refractivity contribution < 1.29 is 5.11 Å². The van der Waals surface area contributed by atoms with Crippen LogP contribution >= 0.6 is 0 Å². The van der Waals surface area contributed by atoms with Crippen molar-refractivity contribution in [2.45, 2.75) is 38.7 Å². The van der Waals surface area contributed by atoms with Gasteiger partial charge in [0.15, 0.2) is 0 Å². The molecule has 0 aliphatic carbocycles. The Morgan fingerprint density at radius 3 is 2.91 bits per heavy atom. The maximum atomic E-state index is 9.23. The molecule has 1 unspecified atom stereocenters. The molecule has 0 aliphatic rings. The summed E-state index contributed by atoms with van der Waals surface area (Å²) < 4.78 is 0. The molecule has 62 valence electrons. The van der Waals surface area contributed by atoms with Gasteiger partial charge in [0, 0.05) is 6.42 Å². The van der Waals surface area contributed by atoms with Crippen LogP contribution < -0.4 is 0 Å². The molecule has 0 radical (unpaired) electrons. The van der Waals surface area contributed by atoms with Gasteiger partial charge in [0.1, 0.15) is 0 Å². The molecule has 1 atom stereocenters. The van der Waals surface area contributed by atoms with E-state index in [0.29, 0.717) is 6.42 Å². The van der Waals surface area contributed by atoms with E-state index in [1.807, 2.05) is 6.92 Å². The van der Waals surface area contributed by atoms with Gasteiger partial charge < -0.3 is 5.11 Å². The molecule has 0 aromatic heterocycles. The molecular formula is C10H16O. The lowest BCUT2D eigenvalue weighted by Crippen LogP contribution is -2.03.